The first-order valence-electron chi connectivity index (χ1n) is 10.4. The van der Waals surface area contributed by atoms with E-state index in [4.69, 9.17) is 32.7 Å². The molecule has 0 radical (unpaired) electrons. The van der Waals surface area contributed by atoms with Gasteiger partial charge in [0.1, 0.15) is 18.1 Å². The average Bonchev–Trinajstić information content (AvgIpc) is 3.18. The SMILES string of the molecule is O=C(COc1ccc(Cl)cc1Cl)N(c1ccc(OCc2ccccc2)cc1)C1C=CS(=O)(=O)C1. The van der Waals surface area contributed by atoms with Crippen molar-refractivity contribution in [2.24, 2.45) is 0 Å². The highest BCUT2D eigenvalue weighted by Gasteiger charge is 2.31. The highest BCUT2D eigenvalue weighted by molar-refractivity contribution is 7.94. The van der Waals surface area contributed by atoms with Crippen LogP contribution in [0.15, 0.2) is 84.3 Å². The van der Waals surface area contributed by atoms with Gasteiger partial charge in [0.15, 0.2) is 16.4 Å². The summed E-state index contributed by atoms with van der Waals surface area (Å²) in [5, 5.41) is 1.85. The Balaban J connectivity index is 1.50. The van der Waals surface area contributed by atoms with Gasteiger partial charge in [0.25, 0.3) is 5.91 Å². The number of rotatable bonds is 8. The van der Waals surface area contributed by atoms with Gasteiger partial charge in [-0.15, -0.1) is 0 Å². The van der Waals surface area contributed by atoms with Crippen molar-refractivity contribution in [2.75, 3.05) is 17.3 Å². The second kappa shape index (κ2) is 10.5. The molecule has 1 aliphatic rings. The zero-order valence-electron chi connectivity index (χ0n) is 17.9. The van der Waals surface area contributed by atoms with E-state index < -0.39 is 21.8 Å². The molecule has 4 rings (SSSR count). The van der Waals surface area contributed by atoms with Crippen molar-refractivity contribution in [3.63, 3.8) is 0 Å². The van der Waals surface area contributed by atoms with E-state index in [-0.39, 0.29) is 17.4 Å². The van der Waals surface area contributed by atoms with Gasteiger partial charge in [-0.05, 0) is 54.1 Å². The third-order valence-corrected chi connectivity index (χ3v) is 7.03. The third-order valence-electron chi connectivity index (χ3n) is 5.12. The summed E-state index contributed by atoms with van der Waals surface area (Å²) >= 11 is 12.0. The van der Waals surface area contributed by atoms with E-state index in [0.29, 0.717) is 28.8 Å². The summed E-state index contributed by atoms with van der Waals surface area (Å²) in [7, 11) is -3.38. The molecule has 1 atom stereocenters. The highest BCUT2D eigenvalue weighted by Crippen LogP contribution is 2.29. The van der Waals surface area contributed by atoms with E-state index in [0.717, 1.165) is 11.0 Å². The molecule has 1 aliphatic heterocycles. The molecule has 176 valence electrons. The van der Waals surface area contributed by atoms with Gasteiger partial charge in [-0.3, -0.25) is 4.79 Å². The number of anilines is 1. The standard InChI is InChI=1S/C25H21Cl2NO5S/c26-19-6-11-24(23(27)14-19)33-16-25(29)28(21-12-13-34(30,31)17-21)20-7-9-22(10-8-20)32-15-18-4-2-1-3-5-18/h1-14,21H,15-17H2. The predicted octanol–water partition coefficient (Wildman–Crippen LogP) is 5.30. The smallest absolute Gasteiger partial charge is 0.265 e. The number of hydrogen-bond donors (Lipinski definition) is 0. The Morgan fingerprint density at radius 1 is 0.971 bits per heavy atom. The maximum Gasteiger partial charge on any atom is 0.265 e. The summed E-state index contributed by atoms with van der Waals surface area (Å²) in [5.74, 6) is 0.306. The molecule has 1 heterocycles. The summed E-state index contributed by atoms with van der Waals surface area (Å²) in [4.78, 5) is 14.6. The molecule has 0 saturated heterocycles. The van der Waals surface area contributed by atoms with E-state index in [1.165, 1.54) is 17.0 Å². The zero-order chi connectivity index (χ0) is 24.1. The quantitative estimate of drug-likeness (QED) is 0.405. The number of ether oxygens (including phenoxy) is 2. The maximum absolute atomic E-state index is 13.2. The number of carbonyl (C=O) groups excluding carboxylic acids is 1. The minimum Gasteiger partial charge on any atom is -0.489 e. The van der Waals surface area contributed by atoms with Crippen LogP contribution in [0, 0.1) is 0 Å². The Morgan fingerprint density at radius 3 is 2.35 bits per heavy atom. The molecule has 3 aromatic carbocycles. The molecule has 34 heavy (non-hydrogen) atoms. The fourth-order valence-electron chi connectivity index (χ4n) is 3.49. The van der Waals surface area contributed by atoms with Gasteiger partial charge in [0.05, 0.1) is 16.8 Å². The first kappa shape index (κ1) is 24.1. The predicted molar refractivity (Wildman–Crippen MR) is 133 cm³/mol. The molecule has 0 bridgehead atoms. The van der Waals surface area contributed by atoms with Crippen LogP contribution in [0.25, 0.3) is 0 Å². The van der Waals surface area contributed by atoms with Crippen molar-refractivity contribution in [1.82, 2.24) is 0 Å². The van der Waals surface area contributed by atoms with Crippen LogP contribution in [0.2, 0.25) is 10.0 Å². The molecular weight excluding hydrogens is 497 g/mol. The summed E-state index contributed by atoms with van der Waals surface area (Å²) < 4.78 is 35.5. The fraction of sp³-hybridized carbons (Fsp3) is 0.160. The molecule has 1 unspecified atom stereocenters. The van der Waals surface area contributed by atoms with Crippen LogP contribution in [0.3, 0.4) is 0 Å². The van der Waals surface area contributed by atoms with Gasteiger partial charge < -0.3 is 14.4 Å². The Hall–Kier alpha value is -3.00. The van der Waals surface area contributed by atoms with Gasteiger partial charge in [0, 0.05) is 16.1 Å². The van der Waals surface area contributed by atoms with Crippen LogP contribution in [0.5, 0.6) is 11.5 Å². The van der Waals surface area contributed by atoms with Gasteiger partial charge in [-0.25, -0.2) is 8.42 Å². The second-order valence-corrected chi connectivity index (χ2v) is 10.4. The van der Waals surface area contributed by atoms with Crippen molar-refractivity contribution < 1.29 is 22.7 Å². The van der Waals surface area contributed by atoms with Crippen LogP contribution in [0.1, 0.15) is 5.56 Å². The molecule has 0 aliphatic carbocycles. The van der Waals surface area contributed by atoms with Crippen molar-refractivity contribution >= 4 is 44.6 Å². The lowest BCUT2D eigenvalue weighted by Crippen LogP contribution is -2.43. The van der Waals surface area contributed by atoms with E-state index in [9.17, 15) is 13.2 Å². The Labute approximate surface area is 208 Å². The first-order chi connectivity index (χ1) is 16.3. The lowest BCUT2D eigenvalue weighted by Gasteiger charge is -2.28. The van der Waals surface area contributed by atoms with Gasteiger partial charge in [-0.2, -0.15) is 0 Å². The van der Waals surface area contributed by atoms with Crippen molar-refractivity contribution in [2.45, 2.75) is 12.6 Å². The Kier molecular flexibility index (Phi) is 7.46. The minimum absolute atomic E-state index is 0.202. The van der Waals surface area contributed by atoms with Gasteiger partial charge in [-0.1, -0.05) is 53.5 Å². The third kappa shape index (κ3) is 6.11. The molecule has 0 aromatic heterocycles. The summed E-state index contributed by atoms with van der Waals surface area (Å²) in [6.07, 6.45) is 1.50. The molecule has 1 amide bonds. The first-order valence-corrected chi connectivity index (χ1v) is 12.9. The highest BCUT2D eigenvalue weighted by atomic mass is 35.5. The van der Waals surface area contributed by atoms with Crippen LogP contribution in [-0.4, -0.2) is 32.7 Å². The lowest BCUT2D eigenvalue weighted by molar-refractivity contribution is -0.120. The topological polar surface area (TPSA) is 72.9 Å². The summed E-state index contributed by atoms with van der Waals surface area (Å²) in [6.45, 7) is 0.0696. The van der Waals surface area contributed by atoms with Crippen molar-refractivity contribution in [3.8, 4) is 11.5 Å². The summed E-state index contributed by atoms with van der Waals surface area (Å²) in [5.41, 5.74) is 1.55. The zero-order valence-corrected chi connectivity index (χ0v) is 20.3. The maximum atomic E-state index is 13.2. The van der Waals surface area contributed by atoms with E-state index in [1.807, 2.05) is 30.3 Å². The van der Waals surface area contributed by atoms with E-state index >= 15 is 0 Å². The van der Waals surface area contributed by atoms with Crippen LogP contribution in [0.4, 0.5) is 5.69 Å². The van der Waals surface area contributed by atoms with Gasteiger partial charge >= 0.3 is 0 Å². The molecule has 3 aromatic rings. The lowest BCUT2D eigenvalue weighted by atomic mass is 10.2. The molecular formula is C25H21Cl2NO5S. The second-order valence-electron chi connectivity index (χ2n) is 7.62. The molecule has 0 saturated carbocycles. The largest absolute Gasteiger partial charge is 0.489 e. The Bertz CT molecular complexity index is 1290. The normalized spacial score (nSPS) is 16.2. The number of sulfone groups is 1. The monoisotopic (exact) mass is 517 g/mol. The van der Waals surface area contributed by atoms with E-state index in [2.05, 4.69) is 0 Å². The number of benzene rings is 3. The van der Waals surface area contributed by atoms with Crippen LogP contribution >= 0.6 is 23.2 Å². The number of halogens is 2. The van der Waals surface area contributed by atoms with Crippen molar-refractivity contribution in [1.29, 1.82) is 0 Å². The molecule has 6 nitrogen and oxygen atoms in total. The molecule has 0 fully saturated rings. The number of carbonyl (C=O) groups is 1. The minimum atomic E-state index is -3.38. The number of nitrogens with zero attached hydrogens (tertiary/aromatic N) is 1. The van der Waals surface area contributed by atoms with Crippen LogP contribution in [-0.2, 0) is 21.2 Å². The summed E-state index contributed by atoms with van der Waals surface area (Å²) in [6, 6.07) is 20.7. The van der Waals surface area contributed by atoms with Gasteiger partial charge in [0.2, 0.25) is 0 Å². The Morgan fingerprint density at radius 2 is 1.71 bits per heavy atom. The van der Waals surface area contributed by atoms with Crippen molar-refractivity contribution in [3.05, 3.63) is 99.9 Å². The molecule has 0 spiro atoms. The number of amides is 1. The fourth-order valence-corrected chi connectivity index (χ4v) is 5.22. The average molecular weight is 518 g/mol. The van der Waals surface area contributed by atoms with Crippen LogP contribution < -0.4 is 14.4 Å². The number of hydrogen-bond acceptors (Lipinski definition) is 5. The molecule has 0 N–H and O–H groups in total. The van der Waals surface area contributed by atoms with E-state index in [1.54, 1.807) is 36.4 Å². The molecule has 9 heteroatoms.